The molecule has 2 aliphatic heterocycles. The number of quaternary nitrogens is 1. The summed E-state index contributed by atoms with van der Waals surface area (Å²) in [5.74, 6) is 0.167. The molecule has 0 atom stereocenters. The molecular weight excluding hydrogens is 236 g/mol. The van der Waals surface area contributed by atoms with Crippen LogP contribution in [0.4, 0.5) is 11.4 Å². The minimum absolute atomic E-state index is 0. The number of benzene rings is 1. The van der Waals surface area contributed by atoms with E-state index >= 15 is 0 Å². The van der Waals surface area contributed by atoms with Crippen LogP contribution in [-0.4, -0.2) is 25.5 Å². The van der Waals surface area contributed by atoms with Crippen molar-refractivity contribution < 1.29 is 17.2 Å². The van der Waals surface area contributed by atoms with Gasteiger partial charge in [0.2, 0.25) is 0 Å². The van der Waals surface area contributed by atoms with Gasteiger partial charge in [0.1, 0.15) is 5.69 Å². The normalized spacial score (nSPS) is 21.3. The van der Waals surface area contributed by atoms with Gasteiger partial charge in [-0.25, -0.2) is 0 Å². The van der Waals surface area contributed by atoms with Crippen LogP contribution >= 0.6 is 0 Å². The van der Waals surface area contributed by atoms with E-state index in [9.17, 15) is 4.79 Å². The highest BCUT2D eigenvalue weighted by Crippen LogP contribution is 2.37. The third kappa shape index (κ3) is 2.05. The van der Waals surface area contributed by atoms with Crippen LogP contribution in [0.3, 0.4) is 0 Å². The van der Waals surface area contributed by atoms with Crippen molar-refractivity contribution in [1.82, 2.24) is 4.48 Å². The Balaban J connectivity index is 0.00000108. The predicted octanol–water partition coefficient (Wildman–Crippen LogP) is -0.866. The number of fused-ring (bicyclic) bond motifs is 2. The quantitative estimate of drug-likeness (QED) is 0.598. The molecular formula is C13H17ClN2O. The van der Waals surface area contributed by atoms with Gasteiger partial charge in [-0.1, -0.05) is 12.1 Å². The second kappa shape index (κ2) is 4.67. The molecule has 0 saturated carbocycles. The number of nitrogens with one attached hydrogen (secondary N) is 1. The molecule has 2 heterocycles. The maximum Gasteiger partial charge on any atom is 0.280 e. The van der Waals surface area contributed by atoms with Crippen LogP contribution in [0.2, 0.25) is 0 Å². The number of carbonyl (C=O) groups is 1. The zero-order valence-electron chi connectivity index (χ0n) is 9.79. The van der Waals surface area contributed by atoms with Crippen LogP contribution < -0.4 is 22.2 Å². The summed E-state index contributed by atoms with van der Waals surface area (Å²) in [7, 11) is 0. The number of hydrogen-bond acceptors (Lipinski definition) is 1. The number of carbonyl (C=O) groups excluding carboxylic acids is 1. The van der Waals surface area contributed by atoms with E-state index in [-0.39, 0.29) is 18.3 Å². The van der Waals surface area contributed by atoms with Crippen LogP contribution in [0, 0.1) is 0 Å². The van der Waals surface area contributed by atoms with Crippen molar-refractivity contribution in [2.45, 2.75) is 19.3 Å². The smallest absolute Gasteiger partial charge is 0.280 e. The average Bonchev–Trinajstić information content (AvgIpc) is 2.30. The van der Waals surface area contributed by atoms with Crippen LogP contribution in [0.5, 0.6) is 0 Å². The lowest BCUT2D eigenvalue weighted by Crippen LogP contribution is -3.00. The van der Waals surface area contributed by atoms with Crippen LogP contribution in [-0.2, 0) is 4.79 Å². The predicted molar refractivity (Wildman–Crippen MR) is 65.3 cm³/mol. The molecule has 1 fully saturated rings. The van der Waals surface area contributed by atoms with Crippen molar-refractivity contribution in [2.24, 2.45) is 0 Å². The average molecular weight is 253 g/mol. The number of hydrogen-bond donors (Lipinski definition) is 1. The lowest BCUT2D eigenvalue weighted by Gasteiger charge is -2.43. The van der Waals surface area contributed by atoms with E-state index in [1.165, 1.54) is 24.9 Å². The molecule has 0 aliphatic carbocycles. The van der Waals surface area contributed by atoms with Gasteiger partial charge in [0.05, 0.1) is 13.1 Å². The Kier molecular flexibility index (Phi) is 3.40. The van der Waals surface area contributed by atoms with Gasteiger partial charge in [-0.2, -0.15) is 0 Å². The van der Waals surface area contributed by atoms with Gasteiger partial charge in [-0.15, -0.1) is 0 Å². The third-order valence-corrected chi connectivity index (χ3v) is 3.81. The zero-order chi connectivity index (χ0) is 11.0. The lowest BCUT2D eigenvalue weighted by molar-refractivity contribution is -0.117. The van der Waals surface area contributed by atoms with Crippen LogP contribution in [0.1, 0.15) is 19.3 Å². The van der Waals surface area contributed by atoms with Gasteiger partial charge < -0.3 is 17.7 Å². The van der Waals surface area contributed by atoms with Crippen molar-refractivity contribution in [2.75, 3.05) is 25.0 Å². The molecule has 1 amide bonds. The highest BCUT2D eigenvalue weighted by atomic mass is 35.5. The number of halogens is 1. The Bertz CT molecular complexity index is 427. The number of para-hydroxylation sites is 2. The molecule has 1 N–H and O–H groups in total. The molecule has 0 unspecified atom stereocenters. The standard InChI is InChI=1S/C13H16N2O.ClH/c16-13-10-15(8-4-1-5-9-15)12-7-3-2-6-11(12)14-13;/h2-3,6-7H,1,4-5,8-10H2;1H. The number of anilines is 1. The first-order chi connectivity index (χ1) is 7.80. The summed E-state index contributed by atoms with van der Waals surface area (Å²) in [6.45, 7) is 2.85. The Morgan fingerprint density at radius 3 is 2.53 bits per heavy atom. The molecule has 1 saturated heterocycles. The molecule has 4 heteroatoms. The van der Waals surface area contributed by atoms with E-state index in [1.54, 1.807) is 0 Å². The maximum atomic E-state index is 11.8. The minimum atomic E-state index is 0. The van der Waals surface area contributed by atoms with Crippen LogP contribution in [0.25, 0.3) is 0 Å². The topological polar surface area (TPSA) is 29.1 Å². The van der Waals surface area contributed by atoms with E-state index in [0.717, 1.165) is 23.3 Å². The Hall–Kier alpha value is -1.06. The molecule has 1 spiro atoms. The first kappa shape index (κ1) is 12.4. The highest BCUT2D eigenvalue weighted by Gasteiger charge is 2.40. The van der Waals surface area contributed by atoms with Gasteiger partial charge in [0.25, 0.3) is 5.91 Å². The zero-order valence-corrected chi connectivity index (χ0v) is 10.5. The van der Waals surface area contributed by atoms with Gasteiger partial charge in [-0.3, -0.25) is 9.28 Å². The van der Waals surface area contributed by atoms with Crippen molar-refractivity contribution in [1.29, 1.82) is 0 Å². The molecule has 92 valence electrons. The first-order valence-corrected chi connectivity index (χ1v) is 6.06. The first-order valence-electron chi connectivity index (χ1n) is 6.06. The Labute approximate surface area is 108 Å². The molecule has 3 nitrogen and oxygen atoms in total. The second-order valence-electron chi connectivity index (χ2n) is 4.88. The molecule has 1 aromatic carbocycles. The fourth-order valence-electron chi connectivity index (χ4n) is 3.06. The van der Waals surface area contributed by atoms with Gasteiger partial charge in [0.15, 0.2) is 12.2 Å². The molecule has 0 radical (unpaired) electrons. The van der Waals surface area contributed by atoms with E-state index in [0.29, 0.717) is 6.54 Å². The summed E-state index contributed by atoms with van der Waals surface area (Å²) in [6.07, 6.45) is 3.78. The van der Waals surface area contributed by atoms with E-state index in [4.69, 9.17) is 0 Å². The molecule has 3 rings (SSSR count). The van der Waals surface area contributed by atoms with Crippen molar-refractivity contribution in [3.63, 3.8) is 0 Å². The molecule has 2 aliphatic rings. The summed E-state index contributed by atoms with van der Waals surface area (Å²) in [4.78, 5) is 11.8. The second-order valence-corrected chi connectivity index (χ2v) is 4.88. The molecule has 0 bridgehead atoms. The largest absolute Gasteiger partial charge is 1.00 e. The number of piperidine rings is 1. The molecule has 1 aromatic rings. The SMILES string of the molecule is O=C1C[N+]2(CCCCC2)c2ccccc2N1.[Cl-]. The summed E-state index contributed by atoms with van der Waals surface area (Å²) >= 11 is 0. The van der Waals surface area contributed by atoms with E-state index in [1.807, 2.05) is 12.1 Å². The van der Waals surface area contributed by atoms with Gasteiger partial charge in [0, 0.05) is 6.07 Å². The Morgan fingerprint density at radius 1 is 1.06 bits per heavy atom. The van der Waals surface area contributed by atoms with Crippen molar-refractivity contribution >= 4 is 17.3 Å². The monoisotopic (exact) mass is 252 g/mol. The summed E-state index contributed by atoms with van der Waals surface area (Å²) in [5.41, 5.74) is 2.32. The minimum Gasteiger partial charge on any atom is -1.00 e. The fourth-order valence-corrected chi connectivity index (χ4v) is 3.06. The summed E-state index contributed by atoms with van der Waals surface area (Å²) in [5, 5.41) is 2.98. The summed E-state index contributed by atoms with van der Waals surface area (Å²) in [6, 6.07) is 8.25. The number of amides is 1. The van der Waals surface area contributed by atoms with E-state index < -0.39 is 0 Å². The van der Waals surface area contributed by atoms with Crippen LogP contribution in [0.15, 0.2) is 24.3 Å². The van der Waals surface area contributed by atoms with E-state index in [2.05, 4.69) is 17.4 Å². The summed E-state index contributed by atoms with van der Waals surface area (Å²) < 4.78 is 0.877. The van der Waals surface area contributed by atoms with Crippen molar-refractivity contribution in [3.8, 4) is 0 Å². The van der Waals surface area contributed by atoms with Gasteiger partial charge >= 0.3 is 0 Å². The van der Waals surface area contributed by atoms with Crippen molar-refractivity contribution in [3.05, 3.63) is 24.3 Å². The fraction of sp³-hybridized carbons (Fsp3) is 0.462. The molecule has 0 aromatic heterocycles. The number of rotatable bonds is 0. The van der Waals surface area contributed by atoms with Gasteiger partial charge in [-0.05, 0) is 25.3 Å². The maximum absolute atomic E-state index is 11.8. The molecule has 17 heavy (non-hydrogen) atoms. The lowest BCUT2D eigenvalue weighted by atomic mass is 10.0. The third-order valence-electron chi connectivity index (χ3n) is 3.81. The highest BCUT2D eigenvalue weighted by molar-refractivity contribution is 5.99. The number of nitrogens with zero attached hydrogens (tertiary/aromatic N) is 1. The Morgan fingerprint density at radius 2 is 1.76 bits per heavy atom.